The number of carboxylic acid groups (broad SMARTS) is 1. The quantitative estimate of drug-likeness (QED) is 0.824. The summed E-state index contributed by atoms with van der Waals surface area (Å²) >= 11 is 2.12. The van der Waals surface area contributed by atoms with E-state index in [1.54, 1.807) is 24.4 Å². The summed E-state index contributed by atoms with van der Waals surface area (Å²) in [4.78, 5) is 15.1. The van der Waals surface area contributed by atoms with E-state index in [0.717, 1.165) is 9.26 Å². The Morgan fingerprint density at radius 3 is 2.84 bits per heavy atom. The average Bonchev–Trinajstić information content (AvgIpc) is 2.42. The molecule has 4 nitrogen and oxygen atoms in total. The number of aromatic nitrogens is 1. The highest BCUT2D eigenvalue weighted by Crippen LogP contribution is 2.22. The summed E-state index contributed by atoms with van der Waals surface area (Å²) < 4.78 is 6.51. The summed E-state index contributed by atoms with van der Waals surface area (Å²) in [5.41, 5.74) is 1.18. The largest absolute Gasteiger partial charge is 0.492 e. The van der Waals surface area contributed by atoms with Crippen molar-refractivity contribution < 1.29 is 14.6 Å². The minimum Gasteiger partial charge on any atom is -0.492 e. The highest BCUT2D eigenvalue weighted by atomic mass is 127. The van der Waals surface area contributed by atoms with Crippen molar-refractivity contribution in [3.63, 3.8) is 0 Å². The van der Waals surface area contributed by atoms with E-state index in [-0.39, 0.29) is 5.56 Å². The molecule has 0 aliphatic heterocycles. The van der Waals surface area contributed by atoms with Crippen molar-refractivity contribution in [1.82, 2.24) is 4.98 Å². The lowest BCUT2D eigenvalue weighted by Crippen LogP contribution is -2.05. The van der Waals surface area contributed by atoms with Crippen LogP contribution in [0.25, 0.3) is 0 Å². The van der Waals surface area contributed by atoms with Gasteiger partial charge >= 0.3 is 5.97 Å². The van der Waals surface area contributed by atoms with Crippen molar-refractivity contribution in [2.45, 2.75) is 6.42 Å². The summed E-state index contributed by atoms with van der Waals surface area (Å²) in [6.45, 7) is 0.468. The van der Waals surface area contributed by atoms with Crippen molar-refractivity contribution in [2.24, 2.45) is 0 Å². The van der Waals surface area contributed by atoms with Crippen LogP contribution in [0.3, 0.4) is 0 Å². The van der Waals surface area contributed by atoms with Crippen LogP contribution in [0.2, 0.25) is 0 Å². The second-order valence-electron chi connectivity index (χ2n) is 3.87. The monoisotopic (exact) mass is 369 g/mol. The normalized spacial score (nSPS) is 10.2. The van der Waals surface area contributed by atoms with Gasteiger partial charge in [-0.05, 0) is 52.9 Å². The van der Waals surface area contributed by atoms with Crippen LogP contribution in [-0.2, 0) is 6.42 Å². The third kappa shape index (κ3) is 3.92. The van der Waals surface area contributed by atoms with E-state index in [2.05, 4.69) is 27.6 Å². The molecule has 2 rings (SSSR count). The molecule has 2 aromatic rings. The maximum atomic E-state index is 10.9. The van der Waals surface area contributed by atoms with Gasteiger partial charge in [-0.3, -0.25) is 4.98 Å². The van der Waals surface area contributed by atoms with E-state index in [1.165, 1.54) is 0 Å². The predicted molar refractivity (Wildman–Crippen MR) is 79.6 cm³/mol. The van der Waals surface area contributed by atoms with E-state index in [1.807, 2.05) is 18.2 Å². The van der Waals surface area contributed by atoms with Crippen LogP contribution in [0.15, 0.2) is 42.6 Å². The maximum Gasteiger partial charge on any atom is 0.335 e. The molecule has 1 aromatic carbocycles. The standard InChI is InChI=1S/C14H12INO3/c15-12-5-4-10(14(17)18)9-13(12)19-8-6-11-3-1-2-7-16-11/h1-5,7,9H,6,8H2,(H,17,18). The zero-order chi connectivity index (χ0) is 13.7. The van der Waals surface area contributed by atoms with Gasteiger partial charge in [-0.15, -0.1) is 0 Å². The van der Waals surface area contributed by atoms with Gasteiger partial charge in [0.05, 0.1) is 15.7 Å². The topological polar surface area (TPSA) is 59.4 Å². The Morgan fingerprint density at radius 1 is 1.32 bits per heavy atom. The van der Waals surface area contributed by atoms with Crippen molar-refractivity contribution >= 4 is 28.6 Å². The number of ether oxygens (including phenoxy) is 1. The van der Waals surface area contributed by atoms with Crippen LogP contribution in [-0.4, -0.2) is 22.7 Å². The first kappa shape index (κ1) is 13.8. The first-order chi connectivity index (χ1) is 9.16. The number of rotatable bonds is 5. The Morgan fingerprint density at radius 2 is 2.16 bits per heavy atom. The SMILES string of the molecule is O=C(O)c1ccc(I)c(OCCc2ccccn2)c1. The lowest BCUT2D eigenvalue weighted by atomic mass is 10.2. The van der Waals surface area contributed by atoms with Crippen molar-refractivity contribution in [3.05, 3.63) is 57.4 Å². The van der Waals surface area contributed by atoms with Gasteiger partial charge in [-0.2, -0.15) is 0 Å². The smallest absolute Gasteiger partial charge is 0.335 e. The fourth-order valence-electron chi connectivity index (χ4n) is 1.56. The fraction of sp³-hybridized carbons (Fsp3) is 0.143. The number of halogens is 1. The fourth-order valence-corrected chi connectivity index (χ4v) is 2.05. The molecule has 0 radical (unpaired) electrons. The maximum absolute atomic E-state index is 10.9. The highest BCUT2D eigenvalue weighted by molar-refractivity contribution is 14.1. The summed E-state index contributed by atoms with van der Waals surface area (Å²) in [5.74, 6) is -0.359. The van der Waals surface area contributed by atoms with Crippen LogP contribution in [0.4, 0.5) is 0 Å². The number of nitrogens with zero attached hydrogens (tertiary/aromatic N) is 1. The number of carbonyl (C=O) groups is 1. The molecule has 1 heterocycles. The summed E-state index contributed by atoms with van der Waals surface area (Å²) in [6.07, 6.45) is 2.43. The molecule has 0 fully saturated rings. The minimum absolute atomic E-state index is 0.230. The minimum atomic E-state index is -0.953. The number of pyridine rings is 1. The summed E-state index contributed by atoms with van der Waals surface area (Å²) in [5, 5.41) is 8.94. The number of carboxylic acids is 1. The molecule has 19 heavy (non-hydrogen) atoms. The van der Waals surface area contributed by atoms with Gasteiger partial charge in [-0.25, -0.2) is 4.79 Å². The molecule has 0 aliphatic rings. The van der Waals surface area contributed by atoms with Crippen LogP contribution in [0.1, 0.15) is 16.1 Å². The molecule has 0 unspecified atom stereocenters. The van der Waals surface area contributed by atoms with Crippen molar-refractivity contribution in [3.8, 4) is 5.75 Å². The van der Waals surface area contributed by atoms with Gasteiger partial charge in [0, 0.05) is 18.3 Å². The highest BCUT2D eigenvalue weighted by Gasteiger charge is 2.08. The van der Waals surface area contributed by atoms with Crippen LogP contribution < -0.4 is 4.74 Å². The Bertz CT molecular complexity index is 572. The lowest BCUT2D eigenvalue weighted by Gasteiger charge is -2.08. The molecule has 0 spiro atoms. The molecule has 1 N–H and O–H groups in total. The van der Waals surface area contributed by atoms with Crippen LogP contribution >= 0.6 is 22.6 Å². The van der Waals surface area contributed by atoms with Gasteiger partial charge < -0.3 is 9.84 Å². The molecule has 5 heteroatoms. The molecule has 0 amide bonds. The van der Waals surface area contributed by atoms with Gasteiger partial charge in [0.1, 0.15) is 5.75 Å². The number of benzene rings is 1. The molecular formula is C14H12INO3. The first-order valence-electron chi connectivity index (χ1n) is 5.72. The Hall–Kier alpha value is -1.63. The second-order valence-corrected chi connectivity index (χ2v) is 5.03. The number of aromatic carboxylic acids is 1. The molecule has 1 aromatic heterocycles. The van der Waals surface area contributed by atoms with Crippen LogP contribution in [0, 0.1) is 3.57 Å². The number of hydrogen-bond donors (Lipinski definition) is 1. The summed E-state index contributed by atoms with van der Waals surface area (Å²) in [6, 6.07) is 10.6. The molecule has 0 saturated heterocycles. The van der Waals surface area contributed by atoms with Gasteiger partial charge in [0.15, 0.2) is 0 Å². The van der Waals surface area contributed by atoms with Crippen molar-refractivity contribution in [1.29, 1.82) is 0 Å². The molecule has 0 atom stereocenters. The Balaban J connectivity index is 1.99. The van der Waals surface area contributed by atoms with E-state index >= 15 is 0 Å². The predicted octanol–water partition coefficient (Wildman–Crippen LogP) is 3.01. The molecule has 0 saturated carbocycles. The molecule has 0 bridgehead atoms. The molecule has 0 aliphatic carbocycles. The molecular weight excluding hydrogens is 357 g/mol. The zero-order valence-corrected chi connectivity index (χ0v) is 12.2. The van der Waals surface area contributed by atoms with Gasteiger partial charge in [0.2, 0.25) is 0 Å². The van der Waals surface area contributed by atoms with E-state index < -0.39 is 5.97 Å². The summed E-state index contributed by atoms with van der Waals surface area (Å²) in [7, 11) is 0. The third-order valence-electron chi connectivity index (χ3n) is 2.52. The van der Waals surface area contributed by atoms with E-state index in [0.29, 0.717) is 18.8 Å². The first-order valence-corrected chi connectivity index (χ1v) is 6.80. The van der Waals surface area contributed by atoms with E-state index in [9.17, 15) is 4.79 Å². The average molecular weight is 369 g/mol. The molecule has 98 valence electrons. The Kier molecular flexibility index (Phi) is 4.73. The van der Waals surface area contributed by atoms with Gasteiger partial charge in [0.25, 0.3) is 0 Å². The zero-order valence-electron chi connectivity index (χ0n) is 10.0. The van der Waals surface area contributed by atoms with Gasteiger partial charge in [-0.1, -0.05) is 6.07 Å². The van der Waals surface area contributed by atoms with Crippen LogP contribution in [0.5, 0.6) is 5.75 Å². The third-order valence-corrected chi connectivity index (χ3v) is 3.41. The lowest BCUT2D eigenvalue weighted by molar-refractivity contribution is 0.0696. The van der Waals surface area contributed by atoms with E-state index in [4.69, 9.17) is 9.84 Å². The number of hydrogen-bond acceptors (Lipinski definition) is 3. The van der Waals surface area contributed by atoms with Crippen molar-refractivity contribution in [2.75, 3.05) is 6.61 Å². The second kappa shape index (κ2) is 6.51. The Labute approximate surface area is 124 Å².